The molecule has 0 radical (unpaired) electrons. The van der Waals surface area contributed by atoms with Gasteiger partial charge in [0.15, 0.2) is 5.13 Å². The Morgan fingerprint density at radius 2 is 2.00 bits per heavy atom. The third kappa shape index (κ3) is 5.62. The summed E-state index contributed by atoms with van der Waals surface area (Å²) in [6.07, 6.45) is 3.82. The number of benzene rings is 1. The molecule has 2 aromatic rings. The zero-order valence-electron chi connectivity index (χ0n) is 16.4. The molecule has 1 aliphatic heterocycles. The molecule has 1 amide bonds. The molecule has 0 unspecified atom stereocenters. The van der Waals surface area contributed by atoms with E-state index >= 15 is 0 Å². The zero-order chi connectivity index (χ0) is 21.7. The molecule has 1 saturated heterocycles. The highest BCUT2D eigenvalue weighted by Crippen LogP contribution is 2.32. The minimum absolute atomic E-state index is 0.0208. The second-order valence-corrected chi connectivity index (χ2v) is 10.7. The van der Waals surface area contributed by atoms with Crippen LogP contribution in [0.2, 0.25) is 10.0 Å². The van der Waals surface area contributed by atoms with Crippen LogP contribution >= 0.6 is 34.5 Å². The fourth-order valence-corrected chi connectivity index (χ4v) is 5.97. The molecule has 0 saturated carbocycles. The lowest BCUT2D eigenvalue weighted by Crippen LogP contribution is -2.33. The predicted octanol–water partition coefficient (Wildman–Crippen LogP) is 4.84. The van der Waals surface area contributed by atoms with Crippen LogP contribution in [0.1, 0.15) is 25.7 Å². The largest absolute Gasteiger partial charge is 0.284 e. The summed E-state index contributed by atoms with van der Waals surface area (Å²) >= 11 is 13.4. The molecule has 162 valence electrons. The molecule has 30 heavy (non-hydrogen) atoms. The average Bonchev–Trinajstić information content (AvgIpc) is 3.40. The maximum Gasteiger partial charge on any atom is 0.229 e. The van der Waals surface area contributed by atoms with E-state index < -0.39 is 10.0 Å². The first kappa shape index (κ1) is 23.2. The summed E-state index contributed by atoms with van der Waals surface area (Å²) in [6.45, 7) is 5.17. The van der Waals surface area contributed by atoms with Crippen molar-refractivity contribution < 1.29 is 13.2 Å². The minimum Gasteiger partial charge on any atom is -0.284 e. The molecule has 2 heterocycles. The van der Waals surface area contributed by atoms with Gasteiger partial charge in [0.25, 0.3) is 0 Å². The van der Waals surface area contributed by atoms with Gasteiger partial charge >= 0.3 is 0 Å². The maximum atomic E-state index is 12.8. The topological polar surface area (TPSA) is 70.6 Å². The summed E-state index contributed by atoms with van der Waals surface area (Å²) in [7, 11) is -3.29. The standard InChI is InChI=1S/C20H23Cl2N3O3S2/c1-2-9-25(19(26)6-5-12-30(27,28)24-10-3-4-11-24)20-23-18(14-29-20)15-7-8-16(21)17(22)13-15/h2,7-8,13-14H,1,3-6,9-12H2. The zero-order valence-corrected chi connectivity index (χ0v) is 19.5. The molecule has 6 nitrogen and oxygen atoms in total. The normalized spacial score (nSPS) is 14.7. The number of anilines is 1. The summed E-state index contributed by atoms with van der Waals surface area (Å²) in [5.74, 6) is -0.200. The Labute approximate surface area is 191 Å². The highest BCUT2D eigenvalue weighted by atomic mass is 35.5. The van der Waals surface area contributed by atoms with Gasteiger partial charge < -0.3 is 0 Å². The van der Waals surface area contributed by atoms with Gasteiger partial charge in [0.05, 0.1) is 21.5 Å². The van der Waals surface area contributed by atoms with E-state index in [0.717, 1.165) is 18.4 Å². The average molecular weight is 488 g/mol. The number of carbonyl (C=O) groups excluding carboxylic acids is 1. The number of hydrogen-bond acceptors (Lipinski definition) is 5. The highest BCUT2D eigenvalue weighted by Gasteiger charge is 2.26. The Morgan fingerprint density at radius 1 is 1.27 bits per heavy atom. The third-order valence-corrected chi connectivity index (χ3v) is 8.36. The molecule has 0 bridgehead atoms. The fourth-order valence-electron chi connectivity index (χ4n) is 3.23. The van der Waals surface area contributed by atoms with Crippen molar-refractivity contribution in [2.45, 2.75) is 25.7 Å². The number of thiazole rings is 1. The molecule has 3 rings (SSSR count). The van der Waals surface area contributed by atoms with E-state index in [-0.39, 0.29) is 24.5 Å². The van der Waals surface area contributed by atoms with E-state index in [4.69, 9.17) is 23.2 Å². The number of sulfonamides is 1. The van der Waals surface area contributed by atoms with Gasteiger partial charge in [-0.05, 0) is 31.4 Å². The van der Waals surface area contributed by atoms with Crippen molar-refractivity contribution in [1.82, 2.24) is 9.29 Å². The molecule has 0 aliphatic carbocycles. The van der Waals surface area contributed by atoms with Gasteiger partial charge in [0.1, 0.15) is 0 Å². The van der Waals surface area contributed by atoms with Crippen LogP contribution < -0.4 is 4.90 Å². The van der Waals surface area contributed by atoms with Crippen LogP contribution in [-0.4, -0.2) is 49.0 Å². The van der Waals surface area contributed by atoms with Gasteiger partial charge in [-0.1, -0.05) is 35.3 Å². The predicted molar refractivity (Wildman–Crippen MR) is 124 cm³/mol. The molecular formula is C20H23Cl2N3O3S2. The lowest BCUT2D eigenvalue weighted by atomic mass is 10.2. The molecule has 1 aromatic carbocycles. The van der Waals surface area contributed by atoms with Crippen molar-refractivity contribution >= 4 is 55.6 Å². The first-order valence-corrected chi connectivity index (χ1v) is 12.9. The van der Waals surface area contributed by atoms with Crippen LogP contribution in [0.3, 0.4) is 0 Å². The monoisotopic (exact) mass is 487 g/mol. The first-order chi connectivity index (χ1) is 14.3. The summed E-state index contributed by atoms with van der Waals surface area (Å²) in [5, 5.41) is 3.27. The number of aromatic nitrogens is 1. The van der Waals surface area contributed by atoms with E-state index in [1.807, 2.05) is 11.4 Å². The quantitative estimate of drug-likeness (QED) is 0.474. The molecule has 0 atom stereocenters. The molecule has 0 N–H and O–H groups in total. The number of rotatable bonds is 9. The lowest BCUT2D eigenvalue weighted by molar-refractivity contribution is -0.118. The van der Waals surface area contributed by atoms with Crippen LogP contribution in [0.15, 0.2) is 36.2 Å². The van der Waals surface area contributed by atoms with Crippen molar-refractivity contribution in [1.29, 1.82) is 0 Å². The number of carbonyl (C=O) groups is 1. The molecule has 10 heteroatoms. The number of halogens is 2. The lowest BCUT2D eigenvalue weighted by Gasteiger charge is -2.19. The van der Waals surface area contributed by atoms with Crippen molar-refractivity contribution in [3.63, 3.8) is 0 Å². The SMILES string of the molecule is C=CCN(C(=O)CCCS(=O)(=O)N1CCCC1)c1nc(-c2ccc(Cl)c(Cl)c2)cs1. The van der Waals surface area contributed by atoms with Crippen LogP contribution in [0.5, 0.6) is 0 Å². The maximum absolute atomic E-state index is 12.8. The molecular weight excluding hydrogens is 465 g/mol. The van der Waals surface area contributed by atoms with Crippen molar-refractivity contribution in [2.24, 2.45) is 0 Å². The van der Waals surface area contributed by atoms with E-state index in [1.165, 1.54) is 20.5 Å². The molecule has 1 fully saturated rings. The van der Waals surface area contributed by atoms with Crippen molar-refractivity contribution in [3.8, 4) is 11.3 Å². The van der Waals surface area contributed by atoms with Crippen LogP contribution in [-0.2, 0) is 14.8 Å². The third-order valence-electron chi connectivity index (χ3n) is 4.80. The van der Waals surface area contributed by atoms with Crippen LogP contribution in [0.4, 0.5) is 5.13 Å². The molecule has 1 aromatic heterocycles. The smallest absolute Gasteiger partial charge is 0.229 e. The minimum atomic E-state index is -3.29. The summed E-state index contributed by atoms with van der Waals surface area (Å²) in [6, 6.07) is 5.24. The Bertz CT molecular complexity index is 1020. The fraction of sp³-hybridized carbons (Fsp3) is 0.400. The summed E-state index contributed by atoms with van der Waals surface area (Å²) in [5.41, 5.74) is 1.49. The van der Waals surface area contributed by atoms with Gasteiger partial charge in [-0.25, -0.2) is 17.7 Å². The van der Waals surface area contributed by atoms with Gasteiger partial charge in [0.2, 0.25) is 15.9 Å². The Hall–Kier alpha value is -1.45. The second-order valence-electron chi connectivity index (χ2n) is 6.96. The van der Waals surface area contributed by atoms with Crippen molar-refractivity contribution in [3.05, 3.63) is 46.3 Å². The first-order valence-electron chi connectivity index (χ1n) is 9.62. The summed E-state index contributed by atoms with van der Waals surface area (Å²) < 4.78 is 26.2. The van der Waals surface area contributed by atoms with E-state index in [2.05, 4.69) is 11.6 Å². The van der Waals surface area contributed by atoms with E-state index in [0.29, 0.717) is 40.5 Å². The second kappa shape index (κ2) is 10.2. The van der Waals surface area contributed by atoms with Crippen LogP contribution in [0.25, 0.3) is 11.3 Å². The number of amides is 1. The van der Waals surface area contributed by atoms with Gasteiger partial charge in [-0.3, -0.25) is 9.69 Å². The summed E-state index contributed by atoms with van der Waals surface area (Å²) in [4.78, 5) is 18.9. The molecule has 0 spiro atoms. The highest BCUT2D eigenvalue weighted by molar-refractivity contribution is 7.89. The number of nitrogens with zero attached hydrogens (tertiary/aromatic N) is 3. The number of hydrogen-bond donors (Lipinski definition) is 0. The van der Waals surface area contributed by atoms with Crippen molar-refractivity contribution in [2.75, 3.05) is 30.3 Å². The Morgan fingerprint density at radius 3 is 2.67 bits per heavy atom. The molecule has 1 aliphatic rings. The van der Waals surface area contributed by atoms with Gasteiger partial charge in [-0.15, -0.1) is 17.9 Å². The van der Waals surface area contributed by atoms with Gasteiger partial charge in [-0.2, -0.15) is 0 Å². The van der Waals surface area contributed by atoms with E-state index in [1.54, 1.807) is 18.2 Å². The Balaban J connectivity index is 1.66. The van der Waals surface area contributed by atoms with E-state index in [9.17, 15) is 13.2 Å². The Kier molecular flexibility index (Phi) is 7.92. The van der Waals surface area contributed by atoms with Crippen LogP contribution in [0, 0.1) is 0 Å². The van der Waals surface area contributed by atoms with Gasteiger partial charge in [0, 0.05) is 37.0 Å².